The third-order valence-electron chi connectivity index (χ3n) is 2.22. The van der Waals surface area contributed by atoms with Crippen LogP contribution in [0.25, 0.3) is 0 Å². The molecule has 1 N–H and O–H groups in total. The van der Waals surface area contributed by atoms with Crippen molar-refractivity contribution >= 4 is 40.4 Å². The van der Waals surface area contributed by atoms with Crippen LogP contribution >= 0.6 is 34.5 Å². The van der Waals surface area contributed by atoms with Gasteiger partial charge in [-0.15, -0.1) is 11.3 Å². The Morgan fingerprint density at radius 2 is 2.07 bits per heavy atom. The first-order chi connectivity index (χ1) is 7.08. The summed E-state index contributed by atoms with van der Waals surface area (Å²) in [5.41, 5.74) is 0.471. The quantitative estimate of drug-likeness (QED) is 0.877. The van der Waals surface area contributed by atoms with Crippen LogP contribution in [0.5, 0.6) is 0 Å². The molecule has 0 atom stereocenters. The van der Waals surface area contributed by atoms with E-state index < -0.39 is 0 Å². The molecule has 1 aromatic heterocycles. The Morgan fingerprint density at radius 1 is 1.47 bits per heavy atom. The summed E-state index contributed by atoms with van der Waals surface area (Å²) in [6.45, 7) is 4.08. The third kappa shape index (κ3) is 3.37. The topological polar surface area (TPSA) is 29.1 Å². The van der Waals surface area contributed by atoms with E-state index in [1.807, 2.05) is 13.8 Å². The van der Waals surface area contributed by atoms with Gasteiger partial charge in [-0.25, -0.2) is 0 Å². The minimum Gasteiger partial charge on any atom is -0.349 e. The fourth-order valence-corrected chi connectivity index (χ4v) is 2.71. The lowest BCUT2D eigenvalue weighted by atomic mass is 10.1. The second-order valence-electron chi connectivity index (χ2n) is 3.22. The summed E-state index contributed by atoms with van der Waals surface area (Å²) in [5.74, 6) is -0.142. The zero-order valence-corrected chi connectivity index (χ0v) is 11.0. The second-order valence-corrected chi connectivity index (χ2v) is 5.51. The van der Waals surface area contributed by atoms with Crippen LogP contribution in [0.3, 0.4) is 0 Å². The van der Waals surface area contributed by atoms with Crippen LogP contribution in [0.1, 0.15) is 37.0 Å². The minimum absolute atomic E-state index is 0.142. The van der Waals surface area contributed by atoms with Crippen LogP contribution in [0, 0.1) is 0 Å². The molecule has 1 amide bonds. The van der Waals surface area contributed by atoms with Crippen LogP contribution in [0.2, 0.25) is 8.67 Å². The predicted octanol–water partition coefficient (Wildman–Crippen LogP) is 3.97. The fourth-order valence-electron chi connectivity index (χ4n) is 1.25. The van der Waals surface area contributed by atoms with E-state index in [9.17, 15) is 4.79 Å². The molecule has 0 spiro atoms. The molecule has 1 rings (SSSR count). The first-order valence-corrected chi connectivity index (χ1v) is 6.41. The maximum atomic E-state index is 11.8. The number of halogens is 2. The number of thiophene rings is 1. The van der Waals surface area contributed by atoms with Crippen LogP contribution in [-0.4, -0.2) is 11.9 Å². The molecule has 0 saturated heterocycles. The van der Waals surface area contributed by atoms with Gasteiger partial charge in [-0.2, -0.15) is 0 Å². The van der Waals surface area contributed by atoms with Crippen molar-refractivity contribution in [3.8, 4) is 0 Å². The number of nitrogens with one attached hydrogen (secondary N) is 1. The van der Waals surface area contributed by atoms with Crippen LogP contribution in [0.4, 0.5) is 0 Å². The van der Waals surface area contributed by atoms with Crippen LogP contribution in [-0.2, 0) is 0 Å². The molecular weight excluding hydrogens is 253 g/mol. The normalized spacial score (nSPS) is 10.7. The second kappa shape index (κ2) is 5.73. The average molecular weight is 266 g/mol. The molecule has 0 aliphatic heterocycles. The van der Waals surface area contributed by atoms with E-state index in [1.54, 1.807) is 6.07 Å². The number of hydrogen-bond acceptors (Lipinski definition) is 2. The van der Waals surface area contributed by atoms with Crippen molar-refractivity contribution in [3.63, 3.8) is 0 Å². The third-order valence-corrected chi connectivity index (χ3v) is 3.71. The molecule has 5 heteroatoms. The van der Waals surface area contributed by atoms with Crippen LogP contribution in [0.15, 0.2) is 6.07 Å². The molecule has 0 aromatic carbocycles. The Kier molecular flexibility index (Phi) is 4.90. The standard InChI is InChI=1S/C10H13Cl2NOS/c1-3-6(4-2)13-10(14)7-5-8(11)15-9(7)12/h5-6H,3-4H2,1-2H3,(H,13,14). The highest BCUT2D eigenvalue weighted by Crippen LogP contribution is 2.31. The van der Waals surface area contributed by atoms with Gasteiger partial charge < -0.3 is 5.32 Å². The Balaban J connectivity index is 2.72. The van der Waals surface area contributed by atoms with E-state index in [0.717, 1.165) is 12.8 Å². The Bertz CT molecular complexity index is 347. The lowest BCUT2D eigenvalue weighted by Crippen LogP contribution is -2.33. The van der Waals surface area contributed by atoms with Crippen molar-refractivity contribution < 1.29 is 4.79 Å². The maximum Gasteiger partial charge on any atom is 0.253 e. The summed E-state index contributed by atoms with van der Waals surface area (Å²) < 4.78 is 0.984. The van der Waals surface area contributed by atoms with Crippen molar-refractivity contribution in [2.45, 2.75) is 32.7 Å². The van der Waals surface area contributed by atoms with Gasteiger partial charge >= 0.3 is 0 Å². The molecular formula is C10H13Cl2NOS. The van der Waals surface area contributed by atoms with Gasteiger partial charge in [0.15, 0.2) is 0 Å². The zero-order chi connectivity index (χ0) is 11.4. The van der Waals surface area contributed by atoms with Gasteiger partial charge in [-0.05, 0) is 18.9 Å². The average Bonchev–Trinajstić information content (AvgIpc) is 2.54. The van der Waals surface area contributed by atoms with Crippen LogP contribution < -0.4 is 5.32 Å². The van der Waals surface area contributed by atoms with Crippen molar-refractivity contribution in [3.05, 3.63) is 20.3 Å². The molecule has 2 nitrogen and oxygen atoms in total. The fraction of sp³-hybridized carbons (Fsp3) is 0.500. The molecule has 0 saturated carbocycles. The SMILES string of the molecule is CCC(CC)NC(=O)c1cc(Cl)sc1Cl. The predicted molar refractivity (Wildman–Crippen MR) is 66.2 cm³/mol. The number of carbonyl (C=O) groups is 1. The van der Waals surface area contributed by atoms with Crippen molar-refractivity contribution in [2.24, 2.45) is 0 Å². The van der Waals surface area contributed by atoms with Crippen molar-refractivity contribution in [1.29, 1.82) is 0 Å². The molecule has 0 bridgehead atoms. The number of rotatable bonds is 4. The smallest absolute Gasteiger partial charge is 0.253 e. The molecule has 0 unspecified atom stereocenters. The lowest BCUT2D eigenvalue weighted by Gasteiger charge is -2.13. The summed E-state index contributed by atoms with van der Waals surface area (Å²) in [6, 6.07) is 1.80. The summed E-state index contributed by atoms with van der Waals surface area (Å²) in [7, 11) is 0. The first-order valence-electron chi connectivity index (χ1n) is 4.84. The highest BCUT2D eigenvalue weighted by molar-refractivity contribution is 7.20. The molecule has 1 aromatic rings. The molecule has 84 valence electrons. The molecule has 0 aliphatic carbocycles. The number of carbonyl (C=O) groups excluding carboxylic acids is 1. The maximum absolute atomic E-state index is 11.8. The van der Waals surface area contributed by atoms with E-state index in [0.29, 0.717) is 14.2 Å². The highest BCUT2D eigenvalue weighted by Gasteiger charge is 2.16. The first kappa shape index (κ1) is 12.8. The van der Waals surface area contributed by atoms with Gasteiger partial charge in [-0.1, -0.05) is 37.0 Å². The lowest BCUT2D eigenvalue weighted by molar-refractivity contribution is 0.0935. The Labute approximate surface area is 104 Å². The van der Waals surface area contributed by atoms with Gasteiger partial charge in [0.2, 0.25) is 0 Å². The van der Waals surface area contributed by atoms with E-state index in [1.165, 1.54) is 11.3 Å². The van der Waals surface area contributed by atoms with E-state index in [2.05, 4.69) is 5.32 Å². The van der Waals surface area contributed by atoms with Gasteiger partial charge in [-0.3, -0.25) is 4.79 Å². The van der Waals surface area contributed by atoms with E-state index in [4.69, 9.17) is 23.2 Å². The zero-order valence-electron chi connectivity index (χ0n) is 8.64. The van der Waals surface area contributed by atoms with Gasteiger partial charge in [0.25, 0.3) is 5.91 Å². The van der Waals surface area contributed by atoms with Gasteiger partial charge in [0.1, 0.15) is 4.34 Å². The largest absolute Gasteiger partial charge is 0.349 e. The number of hydrogen-bond donors (Lipinski definition) is 1. The summed E-state index contributed by atoms with van der Waals surface area (Å²) in [5, 5.41) is 2.91. The summed E-state index contributed by atoms with van der Waals surface area (Å²) in [4.78, 5) is 11.8. The number of amides is 1. The van der Waals surface area contributed by atoms with E-state index >= 15 is 0 Å². The molecule has 1 heterocycles. The van der Waals surface area contributed by atoms with E-state index in [-0.39, 0.29) is 11.9 Å². The minimum atomic E-state index is -0.142. The molecule has 0 aliphatic rings. The van der Waals surface area contributed by atoms with Crippen molar-refractivity contribution in [2.75, 3.05) is 0 Å². The highest BCUT2D eigenvalue weighted by atomic mass is 35.5. The molecule has 0 radical (unpaired) electrons. The Morgan fingerprint density at radius 3 is 2.47 bits per heavy atom. The molecule has 0 fully saturated rings. The Hall–Kier alpha value is -0.250. The summed E-state index contributed by atoms with van der Waals surface area (Å²) >= 11 is 12.9. The monoisotopic (exact) mass is 265 g/mol. The van der Waals surface area contributed by atoms with Gasteiger partial charge in [0.05, 0.1) is 9.90 Å². The van der Waals surface area contributed by atoms with Gasteiger partial charge in [0, 0.05) is 6.04 Å². The van der Waals surface area contributed by atoms with Crippen molar-refractivity contribution in [1.82, 2.24) is 5.32 Å². The summed E-state index contributed by atoms with van der Waals surface area (Å²) in [6.07, 6.45) is 1.83. The molecule has 15 heavy (non-hydrogen) atoms.